The first kappa shape index (κ1) is 25.3. The van der Waals surface area contributed by atoms with E-state index in [9.17, 15) is 0 Å². The molecule has 2 aromatic rings. The molecule has 2 aliphatic heterocycles. The number of aryl methyl sites for hydroxylation is 2. The third-order valence-corrected chi connectivity index (χ3v) is 6.92. The van der Waals surface area contributed by atoms with Gasteiger partial charge in [0.1, 0.15) is 6.17 Å². The standard InChI is InChI=1S/C29H39N5O/c1-19(2)13-25-7-6-11-34(25)29-27(15-23(18-31-29)17-30-10-12-35)22(5)33-24-8-9-28-26(16-24)20(3)14-21(4)32-28/h8-9,14-16,18,25,27,29-30,33,35H,1,5-7,10-13,17H2,2-4H3. The number of aliphatic imine (C=N–C) groups is 1. The van der Waals surface area contributed by atoms with Crippen LogP contribution in [-0.4, -0.2) is 59.7 Å². The fourth-order valence-electron chi connectivity index (χ4n) is 5.35. The van der Waals surface area contributed by atoms with Crippen molar-refractivity contribution in [3.05, 3.63) is 71.6 Å². The number of dihydropyridines is 1. The van der Waals surface area contributed by atoms with Gasteiger partial charge in [-0.2, -0.15) is 0 Å². The van der Waals surface area contributed by atoms with Crippen molar-refractivity contribution in [2.75, 3.05) is 31.6 Å². The van der Waals surface area contributed by atoms with Crippen LogP contribution in [0.2, 0.25) is 0 Å². The van der Waals surface area contributed by atoms with Gasteiger partial charge in [0.15, 0.2) is 0 Å². The van der Waals surface area contributed by atoms with E-state index < -0.39 is 0 Å². The highest BCUT2D eigenvalue weighted by Crippen LogP contribution is 2.34. The van der Waals surface area contributed by atoms with Gasteiger partial charge in [-0.1, -0.05) is 18.2 Å². The first-order valence-corrected chi connectivity index (χ1v) is 12.6. The van der Waals surface area contributed by atoms with E-state index in [1.165, 1.54) is 24.0 Å². The minimum Gasteiger partial charge on any atom is -0.395 e. The van der Waals surface area contributed by atoms with Crippen molar-refractivity contribution >= 4 is 22.8 Å². The molecular formula is C29H39N5O. The molecule has 1 saturated heterocycles. The number of fused-ring (bicyclic) bond motifs is 1. The predicted octanol–water partition coefficient (Wildman–Crippen LogP) is 4.74. The number of pyridine rings is 1. The van der Waals surface area contributed by atoms with Gasteiger partial charge in [-0.3, -0.25) is 14.9 Å². The summed E-state index contributed by atoms with van der Waals surface area (Å²) in [5.74, 6) is 0.0320. The second kappa shape index (κ2) is 11.3. The summed E-state index contributed by atoms with van der Waals surface area (Å²) in [5, 5.41) is 17.2. The Hall–Kier alpha value is -2.80. The van der Waals surface area contributed by atoms with Crippen molar-refractivity contribution in [2.45, 2.75) is 52.2 Å². The average Bonchev–Trinajstić information content (AvgIpc) is 3.26. The Labute approximate surface area is 209 Å². The summed E-state index contributed by atoms with van der Waals surface area (Å²) < 4.78 is 0. The number of hydrogen-bond acceptors (Lipinski definition) is 6. The van der Waals surface area contributed by atoms with Gasteiger partial charge in [0.2, 0.25) is 0 Å². The lowest BCUT2D eigenvalue weighted by Gasteiger charge is -2.37. The number of aliphatic hydroxyl groups excluding tert-OH is 1. The summed E-state index contributed by atoms with van der Waals surface area (Å²) in [6, 6.07) is 8.90. The van der Waals surface area contributed by atoms with Crippen LogP contribution in [0.25, 0.3) is 10.9 Å². The smallest absolute Gasteiger partial charge is 0.114 e. The number of nitrogens with one attached hydrogen (secondary N) is 2. The summed E-state index contributed by atoms with van der Waals surface area (Å²) in [4.78, 5) is 12.2. The highest BCUT2D eigenvalue weighted by Gasteiger charge is 2.36. The molecule has 35 heavy (non-hydrogen) atoms. The minimum absolute atomic E-state index is 0.00921. The molecule has 1 aromatic heterocycles. The zero-order valence-corrected chi connectivity index (χ0v) is 21.3. The molecule has 0 bridgehead atoms. The molecule has 0 spiro atoms. The molecule has 0 amide bonds. The molecular weight excluding hydrogens is 434 g/mol. The van der Waals surface area contributed by atoms with E-state index in [1.807, 2.05) is 13.1 Å². The molecule has 6 heteroatoms. The molecule has 0 aliphatic carbocycles. The zero-order chi connectivity index (χ0) is 24.9. The molecule has 4 rings (SSSR count). The first-order chi connectivity index (χ1) is 16.9. The van der Waals surface area contributed by atoms with Crippen LogP contribution in [0.15, 0.2) is 65.3 Å². The van der Waals surface area contributed by atoms with Crippen molar-refractivity contribution in [1.82, 2.24) is 15.2 Å². The number of rotatable bonds is 10. The summed E-state index contributed by atoms with van der Waals surface area (Å²) in [5.41, 5.74) is 7.55. The van der Waals surface area contributed by atoms with Crippen LogP contribution >= 0.6 is 0 Å². The number of anilines is 1. The molecule has 0 radical (unpaired) electrons. The number of nitrogens with zero attached hydrogens (tertiary/aromatic N) is 3. The highest BCUT2D eigenvalue weighted by molar-refractivity contribution is 5.86. The normalized spacial score (nSPS) is 22.4. The molecule has 3 atom stereocenters. The van der Waals surface area contributed by atoms with Crippen LogP contribution < -0.4 is 10.6 Å². The Bertz CT molecular complexity index is 1150. The van der Waals surface area contributed by atoms with Gasteiger partial charge in [0, 0.05) is 54.4 Å². The lowest BCUT2D eigenvalue weighted by Crippen LogP contribution is -2.45. The van der Waals surface area contributed by atoms with Crippen LogP contribution in [0.1, 0.15) is 37.4 Å². The summed E-state index contributed by atoms with van der Waals surface area (Å²) in [6.45, 7) is 17.3. The quantitative estimate of drug-likeness (QED) is 0.343. The van der Waals surface area contributed by atoms with E-state index in [0.717, 1.165) is 46.5 Å². The molecule has 0 saturated carbocycles. The average molecular weight is 474 g/mol. The van der Waals surface area contributed by atoms with Gasteiger partial charge in [-0.15, -0.1) is 6.58 Å². The summed E-state index contributed by atoms with van der Waals surface area (Å²) in [6.07, 6.45) is 7.64. The summed E-state index contributed by atoms with van der Waals surface area (Å²) in [7, 11) is 0. The van der Waals surface area contributed by atoms with Crippen LogP contribution in [-0.2, 0) is 0 Å². The van der Waals surface area contributed by atoms with E-state index >= 15 is 0 Å². The van der Waals surface area contributed by atoms with Crippen LogP contribution in [0.3, 0.4) is 0 Å². The monoisotopic (exact) mass is 473 g/mol. The van der Waals surface area contributed by atoms with E-state index in [0.29, 0.717) is 19.1 Å². The van der Waals surface area contributed by atoms with Crippen LogP contribution in [0.4, 0.5) is 5.69 Å². The Balaban J connectivity index is 1.58. The first-order valence-electron chi connectivity index (χ1n) is 12.6. The zero-order valence-electron chi connectivity index (χ0n) is 21.3. The SMILES string of the molecule is C=C(C)CC1CCCN1C1N=CC(CNCCO)=CC1C(=C)Nc1ccc2nc(C)cc(C)c2c1. The van der Waals surface area contributed by atoms with E-state index in [2.05, 4.69) is 77.9 Å². The van der Waals surface area contributed by atoms with E-state index in [-0.39, 0.29) is 18.7 Å². The maximum atomic E-state index is 9.14. The predicted molar refractivity (Wildman–Crippen MR) is 147 cm³/mol. The number of aromatic nitrogens is 1. The van der Waals surface area contributed by atoms with E-state index in [1.54, 1.807) is 0 Å². The van der Waals surface area contributed by atoms with Crippen LogP contribution in [0.5, 0.6) is 0 Å². The molecule has 1 fully saturated rings. The van der Waals surface area contributed by atoms with Crippen molar-refractivity contribution in [3.63, 3.8) is 0 Å². The second-order valence-corrected chi connectivity index (χ2v) is 10.0. The van der Waals surface area contributed by atoms with Crippen molar-refractivity contribution in [1.29, 1.82) is 0 Å². The Kier molecular flexibility index (Phi) is 8.16. The number of benzene rings is 1. The largest absolute Gasteiger partial charge is 0.395 e. The van der Waals surface area contributed by atoms with Crippen LogP contribution in [0, 0.1) is 19.8 Å². The lowest BCUT2D eigenvalue weighted by molar-refractivity contribution is 0.159. The third kappa shape index (κ3) is 6.07. The maximum absolute atomic E-state index is 9.14. The highest BCUT2D eigenvalue weighted by atomic mass is 16.3. The molecule has 1 aromatic carbocycles. The number of aliphatic hydroxyl groups is 1. The van der Waals surface area contributed by atoms with Crippen molar-refractivity contribution in [2.24, 2.45) is 10.9 Å². The maximum Gasteiger partial charge on any atom is 0.114 e. The molecule has 186 valence electrons. The number of likely N-dealkylation sites (tertiary alicyclic amines) is 1. The number of hydrogen-bond donors (Lipinski definition) is 3. The van der Waals surface area contributed by atoms with Gasteiger partial charge in [0.05, 0.1) is 18.0 Å². The Morgan fingerprint density at radius 1 is 1.23 bits per heavy atom. The summed E-state index contributed by atoms with van der Waals surface area (Å²) >= 11 is 0. The Morgan fingerprint density at radius 2 is 2.06 bits per heavy atom. The fourth-order valence-corrected chi connectivity index (χ4v) is 5.35. The van der Waals surface area contributed by atoms with Gasteiger partial charge in [-0.25, -0.2) is 0 Å². The molecule has 2 aliphatic rings. The second-order valence-electron chi connectivity index (χ2n) is 10.0. The minimum atomic E-state index is 0.00921. The lowest BCUT2D eigenvalue weighted by atomic mass is 9.94. The van der Waals surface area contributed by atoms with Gasteiger partial charge in [0.25, 0.3) is 0 Å². The van der Waals surface area contributed by atoms with Gasteiger partial charge < -0.3 is 15.7 Å². The molecule has 6 nitrogen and oxygen atoms in total. The van der Waals surface area contributed by atoms with E-state index in [4.69, 9.17) is 10.1 Å². The topological polar surface area (TPSA) is 72.8 Å². The molecule has 3 N–H and O–H groups in total. The van der Waals surface area contributed by atoms with Crippen molar-refractivity contribution < 1.29 is 5.11 Å². The third-order valence-electron chi connectivity index (χ3n) is 6.92. The molecule has 3 unspecified atom stereocenters. The van der Waals surface area contributed by atoms with Crippen molar-refractivity contribution in [3.8, 4) is 0 Å². The fraction of sp³-hybridized carbons (Fsp3) is 0.448. The van der Waals surface area contributed by atoms with Gasteiger partial charge in [-0.05, 0) is 75.4 Å². The molecule has 3 heterocycles. The Morgan fingerprint density at radius 3 is 2.83 bits per heavy atom. The van der Waals surface area contributed by atoms with Gasteiger partial charge >= 0.3 is 0 Å².